The molecule has 2 rings (SSSR count). The fourth-order valence-corrected chi connectivity index (χ4v) is 1.44. The first-order chi connectivity index (χ1) is 7.16. The summed E-state index contributed by atoms with van der Waals surface area (Å²) in [4.78, 5) is 19.2. The number of aromatic nitrogens is 2. The Morgan fingerprint density at radius 3 is 2.47 bits per heavy atom. The molecule has 0 saturated carbocycles. The van der Waals surface area contributed by atoms with Crippen LogP contribution >= 0.6 is 0 Å². The number of hydrogen-bond donors (Lipinski definition) is 1. The summed E-state index contributed by atoms with van der Waals surface area (Å²) in [6.07, 6.45) is -0.0797. The molecule has 1 aromatic heterocycles. The molecule has 4 heteroatoms. The van der Waals surface area contributed by atoms with Crippen molar-refractivity contribution in [1.82, 2.24) is 9.97 Å². The van der Waals surface area contributed by atoms with E-state index in [1.54, 1.807) is 6.92 Å². The molecule has 0 aliphatic carbocycles. The van der Waals surface area contributed by atoms with E-state index in [2.05, 4.69) is 9.97 Å². The fraction of sp³-hybridized carbons (Fsp3) is 0.182. The number of nitrogens with zero attached hydrogens (tertiary/aromatic N) is 2. The van der Waals surface area contributed by atoms with Crippen molar-refractivity contribution in [1.29, 1.82) is 0 Å². The van der Waals surface area contributed by atoms with E-state index in [0.29, 0.717) is 11.4 Å². The molecule has 0 atom stereocenters. The zero-order valence-electron chi connectivity index (χ0n) is 8.27. The van der Waals surface area contributed by atoms with Crippen LogP contribution in [0.25, 0.3) is 11.0 Å². The predicted octanol–water partition coefficient (Wildman–Crippen LogP) is 1.57. The minimum Gasteiger partial charge on any atom is -0.481 e. The summed E-state index contributed by atoms with van der Waals surface area (Å²) >= 11 is 0. The molecule has 0 aliphatic rings. The molecule has 0 aliphatic heterocycles. The zero-order chi connectivity index (χ0) is 10.8. The number of aryl methyl sites for hydroxylation is 1. The SMILES string of the molecule is Cc1nc2ccccc2nc1CC(=O)O. The van der Waals surface area contributed by atoms with Crippen molar-refractivity contribution in [2.45, 2.75) is 13.3 Å². The topological polar surface area (TPSA) is 63.1 Å². The summed E-state index contributed by atoms with van der Waals surface area (Å²) in [5.74, 6) is -0.886. The molecule has 0 radical (unpaired) electrons. The van der Waals surface area contributed by atoms with Gasteiger partial charge in [0.25, 0.3) is 0 Å². The lowest BCUT2D eigenvalue weighted by Crippen LogP contribution is -2.06. The second-order valence-electron chi connectivity index (χ2n) is 3.31. The molecule has 76 valence electrons. The van der Waals surface area contributed by atoms with Gasteiger partial charge in [0, 0.05) is 0 Å². The smallest absolute Gasteiger partial charge is 0.309 e. The van der Waals surface area contributed by atoms with Gasteiger partial charge in [0.05, 0.1) is 28.8 Å². The van der Waals surface area contributed by atoms with Crippen LogP contribution < -0.4 is 0 Å². The minimum atomic E-state index is -0.886. The number of fused-ring (bicyclic) bond motifs is 1. The molecule has 0 unspecified atom stereocenters. The Morgan fingerprint density at radius 2 is 1.87 bits per heavy atom. The summed E-state index contributed by atoms with van der Waals surface area (Å²) in [7, 11) is 0. The molecule has 4 nitrogen and oxygen atoms in total. The van der Waals surface area contributed by atoms with E-state index in [4.69, 9.17) is 5.11 Å². The molecule has 1 heterocycles. The van der Waals surface area contributed by atoms with Gasteiger partial charge < -0.3 is 5.11 Å². The van der Waals surface area contributed by atoms with E-state index in [0.717, 1.165) is 11.0 Å². The number of carboxylic acids is 1. The van der Waals surface area contributed by atoms with Crippen LogP contribution in [-0.2, 0) is 11.2 Å². The van der Waals surface area contributed by atoms with Crippen LogP contribution in [0.4, 0.5) is 0 Å². The number of hydrogen-bond acceptors (Lipinski definition) is 3. The van der Waals surface area contributed by atoms with Gasteiger partial charge in [0.2, 0.25) is 0 Å². The van der Waals surface area contributed by atoms with Crippen molar-refractivity contribution in [3.8, 4) is 0 Å². The number of aliphatic carboxylic acids is 1. The summed E-state index contributed by atoms with van der Waals surface area (Å²) in [5, 5.41) is 8.70. The molecule has 15 heavy (non-hydrogen) atoms. The first-order valence-electron chi connectivity index (χ1n) is 4.61. The Kier molecular flexibility index (Phi) is 2.33. The highest BCUT2D eigenvalue weighted by molar-refractivity contribution is 5.76. The maximum Gasteiger partial charge on any atom is 0.309 e. The molecule has 0 saturated heterocycles. The molecule has 0 amide bonds. The van der Waals surface area contributed by atoms with Gasteiger partial charge >= 0.3 is 5.97 Å². The van der Waals surface area contributed by atoms with Crippen LogP contribution in [0.2, 0.25) is 0 Å². The number of benzene rings is 1. The number of para-hydroxylation sites is 2. The first-order valence-corrected chi connectivity index (χ1v) is 4.61. The molecule has 2 aromatic rings. The van der Waals surface area contributed by atoms with E-state index >= 15 is 0 Å². The quantitative estimate of drug-likeness (QED) is 0.802. The maximum absolute atomic E-state index is 10.6. The van der Waals surface area contributed by atoms with Crippen molar-refractivity contribution < 1.29 is 9.90 Å². The summed E-state index contributed by atoms with van der Waals surface area (Å²) in [5.41, 5.74) is 2.74. The van der Waals surface area contributed by atoms with Gasteiger partial charge in [0.15, 0.2) is 0 Å². The zero-order valence-corrected chi connectivity index (χ0v) is 8.27. The van der Waals surface area contributed by atoms with E-state index in [1.807, 2.05) is 24.3 Å². The highest BCUT2D eigenvalue weighted by Gasteiger charge is 2.08. The van der Waals surface area contributed by atoms with E-state index < -0.39 is 5.97 Å². The minimum absolute atomic E-state index is 0.0797. The average Bonchev–Trinajstić information content (AvgIpc) is 2.18. The lowest BCUT2D eigenvalue weighted by atomic mass is 10.2. The number of rotatable bonds is 2. The van der Waals surface area contributed by atoms with Crippen molar-refractivity contribution in [2.75, 3.05) is 0 Å². The van der Waals surface area contributed by atoms with Crippen LogP contribution in [-0.4, -0.2) is 21.0 Å². The number of carbonyl (C=O) groups is 1. The van der Waals surface area contributed by atoms with E-state index in [1.165, 1.54) is 0 Å². The second-order valence-corrected chi connectivity index (χ2v) is 3.31. The Labute approximate surface area is 86.6 Å². The van der Waals surface area contributed by atoms with Gasteiger partial charge in [-0.05, 0) is 19.1 Å². The van der Waals surface area contributed by atoms with Gasteiger partial charge in [-0.15, -0.1) is 0 Å². The lowest BCUT2D eigenvalue weighted by Gasteiger charge is -2.03. The van der Waals surface area contributed by atoms with Crippen molar-refractivity contribution >= 4 is 17.0 Å². The lowest BCUT2D eigenvalue weighted by molar-refractivity contribution is -0.136. The normalized spacial score (nSPS) is 10.5. The third-order valence-electron chi connectivity index (χ3n) is 2.16. The average molecular weight is 202 g/mol. The molecule has 0 spiro atoms. The van der Waals surface area contributed by atoms with Gasteiger partial charge in [-0.1, -0.05) is 12.1 Å². The summed E-state index contributed by atoms with van der Waals surface area (Å²) < 4.78 is 0. The Morgan fingerprint density at radius 1 is 1.27 bits per heavy atom. The van der Waals surface area contributed by atoms with Gasteiger partial charge in [-0.3, -0.25) is 4.79 Å². The standard InChI is InChI=1S/C11H10N2O2/c1-7-10(6-11(14)15)13-9-5-3-2-4-8(9)12-7/h2-5H,6H2,1H3,(H,14,15). The highest BCUT2D eigenvalue weighted by atomic mass is 16.4. The van der Waals surface area contributed by atoms with E-state index in [-0.39, 0.29) is 6.42 Å². The van der Waals surface area contributed by atoms with Crippen molar-refractivity contribution in [2.24, 2.45) is 0 Å². The van der Waals surface area contributed by atoms with Crippen LogP contribution in [0.1, 0.15) is 11.4 Å². The highest BCUT2D eigenvalue weighted by Crippen LogP contribution is 2.12. The van der Waals surface area contributed by atoms with Crippen LogP contribution in [0.5, 0.6) is 0 Å². The second kappa shape index (κ2) is 3.65. The maximum atomic E-state index is 10.6. The monoisotopic (exact) mass is 202 g/mol. The fourth-order valence-electron chi connectivity index (χ4n) is 1.44. The van der Waals surface area contributed by atoms with Gasteiger partial charge in [-0.2, -0.15) is 0 Å². The van der Waals surface area contributed by atoms with Crippen LogP contribution in [0.15, 0.2) is 24.3 Å². The van der Waals surface area contributed by atoms with Gasteiger partial charge in [-0.25, -0.2) is 9.97 Å². The molecular weight excluding hydrogens is 192 g/mol. The largest absolute Gasteiger partial charge is 0.481 e. The molecular formula is C11H10N2O2. The summed E-state index contributed by atoms with van der Waals surface area (Å²) in [6, 6.07) is 7.43. The Bertz CT molecular complexity index is 523. The van der Waals surface area contributed by atoms with E-state index in [9.17, 15) is 4.79 Å². The third-order valence-corrected chi connectivity index (χ3v) is 2.16. The van der Waals surface area contributed by atoms with Crippen LogP contribution in [0, 0.1) is 6.92 Å². The Balaban J connectivity index is 2.56. The molecule has 0 fully saturated rings. The van der Waals surface area contributed by atoms with Gasteiger partial charge in [0.1, 0.15) is 0 Å². The predicted molar refractivity (Wildman–Crippen MR) is 55.6 cm³/mol. The Hall–Kier alpha value is -1.97. The summed E-state index contributed by atoms with van der Waals surface area (Å²) in [6.45, 7) is 1.78. The first kappa shape index (κ1) is 9.58. The van der Waals surface area contributed by atoms with Crippen molar-refractivity contribution in [3.05, 3.63) is 35.7 Å². The van der Waals surface area contributed by atoms with Crippen LogP contribution in [0.3, 0.4) is 0 Å². The number of carboxylic acid groups (broad SMARTS) is 1. The third kappa shape index (κ3) is 1.93. The molecule has 1 aromatic carbocycles. The molecule has 0 bridgehead atoms. The van der Waals surface area contributed by atoms with Crippen molar-refractivity contribution in [3.63, 3.8) is 0 Å². The molecule has 1 N–H and O–H groups in total.